The summed E-state index contributed by atoms with van der Waals surface area (Å²) in [5.41, 5.74) is 2.45. The first-order valence-electron chi connectivity index (χ1n) is 5.40. The van der Waals surface area contributed by atoms with E-state index in [1.807, 2.05) is 12.1 Å². The van der Waals surface area contributed by atoms with Gasteiger partial charge in [0, 0.05) is 18.3 Å². The lowest BCUT2D eigenvalue weighted by Crippen LogP contribution is -2.32. The summed E-state index contributed by atoms with van der Waals surface area (Å²) in [7, 11) is 0. The van der Waals surface area contributed by atoms with E-state index in [4.69, 9.17) is 11.6 Å². The van der Waals surface area contributed by atoms with Gasteiger partial charge in [0.15, 0.2) is 0 Å². The number of hydrogen-bond acceptors (Lipinski definition) is 2. The third kappa shape index (κ3) is 1.80. The first-order chi connectivity index (χ1) is 7.31. The topological polar surface area (TPSA) is 24.9 Å². The molecular weight excluding hydrogens is 208 g/mol. The highest BCUT2D eigenvalue weighted by Gasteiger charge is 2.28. The van der Waals surface area contributed by atoms with Crippen LogP contribution in [0.4, 0.5) is 0 Å². The molecule has 3 rings (SSSR count). The molecule has 0 aliphatic carbocycles. The average Bonchev–Trinajstić information content (AvgIpc) is 2.59. The summed E-state index contributed by atoms with van der Waals surface area (Å²) >= 11 is 5.83. The predicted octanol–water partition coefficient (Wildman–Crippen LogP) is 2.64. The van der Waals surface area contributed by atoms with Crippen LogP contribution in [-0.2, 0) is 0 Å². The van der Waals surface area contributed by atoms with Crippen LogP contribution >= 0.6 is 11.6 Å². The van der Waals surface area contributed by atoms with Crippen molar-refractivity contribution < 1.29 is 0 Å². The molecule has 2 aliphatic rings. The highest BCUT2D eigenvalue weighted by Crippen LogP contribution is 2.31. The van der Waals surface area contributed by atoms with Gasteiger partial charge in [-0.1, -0.05) is 17.7 Å². The third-order valence-corrected chi connectivity index (χ3v) is 3.42. The van der Waals surface area contributed by atoms with Crippen molar-refractivity contribution >= 4 is 17.2 Å². The summed E-state index contributed by atoms with van der Waals surface area (Å²) in [6, 6.07) is 5.15. The zero-order valence-electron chi connectivity index (χ0n) is 8.41. The highest BCUT2D eigenvalue weighted by molar-refractivity contribution is 6.30. The van der Waals surface area contributed by atoms with E-state index in [1.165, 1.54) is 18.4 Å². The van der Waals surface area contributed by atoms with Crippen molar-refractivity contribution in [1.29, 1.82) is 0 Å². The average molecular weight is 221 g/mol. The highest BCUT2D eigenvalue weighted by atomic mass is 35.5. The lowest BCUT2D eigenvalue weighted by atomic mass is 10.0. The Bertz CT molecular complexity index is 397. The quantitative estimate of drug-likeness (QED) is 0.787. The number of halogens is 1. The summed E-state index contributed by atoms with van der Waals surface area (Å²) in [6.07, 6.45) is 7.70. The van der Waals surface area contributed by atoms with Gasteiger partial charge in [-0.05, 0) is 37.0 Å². The first-order valence-corrected chi connectivity index (χ1v) is 5.78. The van der Waals surface area contributed by atoms with Crippen LogP contribution in [0.15, 0.2) is 24.4 Å². The van der Waals surface area contributed by atoms with E-state index < -0.39 is 0 Å². The van der Waals surface area contributed by atoms with Crippen molar-refractivity contribution in [1.82, 2.24) is 10.3 Å². The molecule has 1 saturated heterocycles. The SMILES string of the molecule is Clc1ccc(C2=C[C@H]3CC[C@@H](C2)N3)nc1. The lowest BCUT2D eigenvalue weighted by molar-refractivity contribution is 0.574. The van der Waals surface area contributed by atoms with Gasteiger partial charge in [0.2, 0.25) is 0 Å². The van der Waals surface area contributed by atoms with E-state index in [0.29, 0.717) is 17.1 Å². The van der Waals surface area contributed by atoms with Crippen LogP contribution < -0.4 is 5.32 Å². The van der Waals surface area contributed by atoms with E-state index in [2.05, 4.69) is 16.4 Å². The first kappa shape index (κ1) is 9.37. The molecule has 1 aromatic heterocycles. The van der Waals surface area contributed by atoms with Gasteiger partial charge in [-0.25, -0.2) is 0 Å². The molecule has 0 radical (unpaired) electrons. The Kier molecular flexibility index (Phi) is 2.26. The molecule has 2 nitrogen and oxygen atoms in total. The Morgan fingerprint density at radius 1 is 1.33 bits per heavy atom. The van der Waals surface area contributed by atoms with Gasteiger partial charge in [0.25, 0.3) is 0 Å². The monoisotopic (exact) mass is 220 g/mol. The van der Waals surface area contributed by atoms with Gasteiger partial charge in [0.05, 0.1) is 10.7 Å². The standard InChI is InChI=1S/C12H13ClN2/c13-9-1-4-12(14-7-9)8-5-10-2-3-11(6-8)15-10/h1,4-5,7,10-11,15H,2-3,6H2/t10-,11+/m1/s1. The number of pyridine rings is 1. The minimum Gasteiger partial charge on any atom is -0.307 e. The smallest absolute Gasteiger partial charge is 0.0660 e. The van der Waals surface area contributed by atoms with Gasteiger partial charge >= 0.3 is 0 Å². The van der Waals surface area contributed by atoms with E-state index in [1.54, 1.807) is 6.20 Å². The predicted molar refractivity (Wildman–Crippen MR) is 61.8 cm³/mol. The number of nitrogens with one attached hydrogen (secondary N) is 1. The molecule has 0 aromatic carbocycles. The molecular formula is C12H13ClN2. The van der Waals surface area contributed by atoms with Gasteiger partial charge in [0.1, 0.15) is 0 Å². The fourth-order valence-electron chi connectivity index (χ4n) is 2.47. The zero-order chi connectivity index (χ0) is 10.3. The molecule has 3 heterocycles. The molecule has 0 spiro atoms. The van der Waals surface area contributed by atoms with E-state index >= 15 is 0 Å². The third-order valence-electron chi connectivity index (χ3n) is 3.20. The van der Waals surface area contributed by atoms with Gasteiger partial charge in [-0.15, -0.1) is 0 Å². The van der Waals surface area contributed by atoms with Crippen LogP contribution in [0.25, 0.3) is 5.57 Å². The van der Waals surface area contributed by atoms with Crippen LogP contribution in [0.1, 0.15) is 25.0 Å². The molecule has 0 unspecified atom stereocenters. The van der Waals surface area contributed by atoms with Crippen LogP contribution in [0, 0.1) is 0 Å². The largest absolute Gasteiger partial charge is 0.307 e. The molecule has 1 fully saturated rings. The van der Waals surface area contributed by atoms with Crippen molar-refractivity contribution in [3.8, 4) is 0 Å². The molecule has 2 atom stereocenters. The summed E-state index contributed by atoms with van der Waals surface area (Å²) in [5, 5.41) is 4.28. The zero-order valence-corrected chi connectivity index (χ0v) is 9.17. The normalized spacial score (nSPS) is 29.0. The number of hydrogen-bond donors (Lipinski definition) is 1. The van der Waals surface area contributed by atoms with Crippen molar-refractivity contribution in [3.05, 3.63) is 35.1 Å². The van der Waals surface area contributed by atoms with E-state index in [-0.39, 0.29) is 0 Å². The van der Waals surface area contributed by atoms with Crippen LogP contribution in [-0.4, -0.2) is 17.1 Å². The summed E-state index contributed by atoms with van der Waals surface area (Å²) in [6.45, 7) is 0. The Morgan fingerprint density at radius 2 is 2.27 bits per heavy atom. The second kappa shape index (κ2) is 3.62. The van der Waals surface area contributed by atoms with E-state index in [9.17, 15) is 0 Å². The van der Waals surface area contributed by atoms with Gasteiger partial charge in [-0.3, -0.25) is 4.98 Å². The number of aromatic nitrogens is 1. The van der Waals surface area contributed by atoms with Gasteiger partial charge < -0.3 is 5.32 Å². The molecule has 78 valence electrons. The van der Waals surface area contributed by atoms with Crippen LogP contribution in [0.5, 0.6) is 0 Å². The molecule has 2 aliphatic heterocycles. The molecule has 0 saturated carbocycles. The number of nitrogens with zero attached hydrogens (tertiary/aromatic N) is 1. The fourth-order valence-corrected chi connectivity index (χ4v) is 2.59. The second-order valence-corrected chi connectivity index (χ2v) is 4.74. The Hall–Kier alpha value is -0.860. The van der Waals surface area contributed by atoms with Crippen molar-refractivity contribution in [2.24, 2.45) is 0 Å². The Morgan fingerprint density at radius 3 is 3.00 bits per heavy atom. The molecule has 15 heavy (non-hydrogen) atoms. The fraction of sp³-hybridized carbons (Fsp3) is 0.417. The molecule has 1 aromatic rings. The molecule has 3 heteroatoms. The molecule has 2 bridgehead atoms. The van der Waals surface area contributed by atoms with Crippen LogP contribution in [0.2, 0.25) is 5.02 Å². The van der Waals surface area contributed by atoms with E-state index in [0.717, 1.165) is 12.1 Å². The van der Waals surface area contributed by atoms with Crippen molar-refractivity contribution in [2.45, 2.75) is 31.3 Å². The molecule has 0 amide bonds. The maximum atomic E-state index is 5.83. The maximum absolute atomic E-state index is 5.83. The Labute approximate surface area is 94.4 Å². The Balaban J connectivity index is 1.91. The van der Waals surface area contributed by atoms with Crippen LogP contribution in [0.3, 0.4) is 0 Å². The van der Waals surface area contributed by atoms with Gasteiger partial charge in [-0.2, -0.15) is 0 Å². The number of fused-ring (bicyclic) bond motifs is 2. The number of rotatable bonds is 1. The van der Waals surface area contributed by atoms with Crippen molar-refractivity contribution in [2.75, 3.05) is 0 Å². The minimum absolute atomic E-state index is 0.566. The summed E-state index contributed by atoms with van der Waals surface area (Å²) in [4.78, 5) is 4.37. The van der Waals surface area contributed by atoms with Crippen molar-refractivity contribution in [3.63, 3.8) is 0 Å². The summed E-state index contributed by atoms with van der Waals surface area (Å²) in [5.74, 6) is 0. The minimum atomic E-state index is 0.566. The summed E-state index contributed by atoms with van der Waals surface area (Å²) < 4.78 is 0. The maximum Gasteiger partial charge on any atom is 0.0660 e. The molecule has 1 N–H and O–H groups in total. The second-order valence-electron chi connectivity index (χ2n) is 4.31. The lowest BCUT2D eigenvalue weighted by Gasteiger charge is -2.20.